The highest BCUT2D eigenvalue weighted by Crippen LogP contribution is 2.21. The molecule has 0 aromatic heterocycles. The number of aliphatic imine (C=N–C) groups is 1. The normalized spacial score (nSPS) is 14.3. The number of aliphatic hydroxyl groups is 1. The molecule has 0 aliphatic carbocycles. The largest absolute Gasteiger partial charge is 0.480 e. The summed E-state index contributed by atoms with van der Waals surface area (Å²) in [5, 5.41) is 19.6. The van der Waals surface area contributed by atoms with Gasteiger partial charge in [-0.2, -0.15) is 0 Å². The summed E-state index contributed by atoms with van der Waals surface area (Å²) in [6.07, 6.45) is 1.04. The Labute approximate surface area is 145 Å². The fourth-order valence-corrected chi connectivity index (χ4v) is 2.75. The standard InChI is InChI=1S/C17H18N2O5S/c1-25(23,24)14-8-2-11(3-9-14)10-19-15(17(21)22)16(20)12-4-6-13(18)7-5-12/h2-10,15-16,20H,18H2,1H3,(H,21,22). The van der Waals surface area contributed by atoms with E-state index in [2.05, 4.69) is 4.99 Å². The molecule has 2 aromatic carbocycles. The van der Waals surface area contributed by atoms with Gasteiger partial charge in [0.25, 0.3) is 0 Å². The number of sulfone groups is 1. The SMILES string of the molecule is CS(=O)(=O)c1ccc(C=NC(C(=O)O)C(O)c2ccc(N)cc2)cc1. The van der Waals surface area contributed by atoms with Crippen LogP contribution in [0.15, 0.2) is 58.4 Å². The Bertz CT molecular complexity index is 874. The molecule has 2 atom stereocenters. The molecule has 25 heavy (non-hydrogen) atoms. The maximum absolute atomic E-state index is 11.4. The topological polar surface area (TPSA) is 130 Å². The predicted molar refractivity (Wildman–Crippen MR) is 94.4 cm³/mol. The van der Waals surface area contributed by atoms with Crippen LogP contribution in [0.3, 0.4) is 0 Å². The van der Waals surface area contributed by atoms with Gasteiger partial charge in [-0.1, -0.05) is 24.3 Å². The number of hydrogen-bond acceptors (Lipinski definition) is 6. The Balaban J connectivity index is 2.22. The smallest absolute Gasteiger partial charge is 0.331 e. The average molecular weight is 362 g/mol. The maximum atomic E-state index is 11.4. The highest BCUT2D eigenvalue weighted by atomic mass is 32.2. The summed E-state index contributed by atoms with van der Waals surface area (Å²) in [5.41, 5.74) is 6.96. The maximum Gasteiger partial charge on any atom is 0.331 e. The Hall–Kier alpha value is -2.71. The third-order valence-corrected chi connectivity index (χ3v) is 4.65. The number of carbonyl (C=O) groups is 1. The minimum absolute atomic E-state index is 0.154. The van der Waals surface area contributed by atoms with E-state index in [1.165, 1.54) is 42.6 Å². The average Bonchev–Trinajstić information content (AvgIpc) is 2.55. The van der Waals surface area contributed by atoms with E-state index in [1.807, 2.05) is 0 Å². The van der Waals surface area contributed by atoms with E-state index in [0.717, 1.165) is 6.26 Å². The number of nitrogens with zero attached hydrogens (tertiary/aromatic N) is 1. The molecule has 0 fully saturated rings. The zero-order valence-corrected chi connectivity index (χ0v) is 14.2. The van der Waals surface area contributed by atoms with E-state index in [0.29, 0.717) is 16.8 Å². The fourth-order valence-electron chi connectivity index (χ4n) is 2.12. The molecule has 0 bridgehead atoms. The van der Waals surface area contributed by atoms with Crippen molar-refractivity contribution in [2.45, 2.75) is 17.0 Å². The van der Waals surface area contributed by atoms with E-state index < -0.39 is 28.0 Å². The van der Waals surface area contributed by atoms with E-state index >= 15 is 0 Å². The number of rotatable bonds is 6. The molecule has 132 valence electrons. The molecule has 2 unspecified atom stereocenters. The van der Waals surface area contributed by atoms with E-state index in [4.69, 9.17) is 5.73 Å². The summed E-state index contributed by atoms with van der Waals surface area (Å²) in [6, 6.07) is 10.6. The third kappa shape index (κ3) is 4.88. The lowest BCUT2D eigenvalue weighted by atomic mass is 10.0. The molecule has 2 rings (SSSR count). The van der Waals surface area contributed by atoms with Crippen LogP contribution < -0.4 is 5.73 Å². The lowest BCUT2D eigenvalue weighted by Gasteiger charge is -2.16. The third-order valence-electron chi connectivity index (χ3n) is 3.52. The minimum atomic E-state index is -3.31. The van der Waals surface area contributed by atoms with Crippen LogP contribution in [0.4, 0.5) is 5.69 Å². The summed E-state index contributed by atoms with van der Waals surface area (Å²) < 4.78 is 22.8. The minimum Gasteiger partial charge on any atom is -0.480 e. The Morgan fingerprint density at radius 2 is 1.68 bits per heavy atom. The molecule has 7 nitrogen and oxygen atoms in total. The molecule has 0 saturated carbocycles. The number of nitrogen functional groups attached to an aromatic ring is 1. The lowest BCUT2D eigenvalue weighted by Crippen LogP contribution is -2.26. The highest BCUT2D eigenvalue weighted by Gasteiger charge is 2.26. The molecule has 2 aromatic rings. The summed E-state index contributed by atoms with van der Waals surface area (Å²) >= 11 is 0. The summed E-state index contributed by atoms with van der Waals surface area (Å²) in [6.45, 7) is 0. The first-order valence-electron chi connectivity index (χ1n) is 7.28. The van der Waals surface area contributed by atoms with Crippen molar-refractivity contribution in [3.8, 4) is 0 Å². The highest BCUT2D eigenvalue weighted by molar-refractivity contribution is 7.90. The van der Waals surface area contributed by atoms with Crippen molar-refractivity contribution >= 4 is 27.7 Å². The number of benzene rings is 2. The van der Waals surface area contributed by atoms with Gasteiger partial charge in [0, 0.05) is 18.2 Å². The van der Waals surface area contributed by atoms with Crippen molar-refractivity contribution in [1.82, 2.24) is 0 Å². The molecule has 0 radical (unpaired) electrons. The first-order chi connectivity index (χ1) is 11.7. The summed E-state index contributed by atoms with van der Waals surface area (Å²) in [4.78, 5) is 15.5. The van der Waals surface area contributed by atoms with Gasteiger partial charge in [-0.05, 0) is 35.4 Å². The number of hydrogen-bond donors (Lipinski definition) is 3. The van der Waals surface area contributed by atoms with Gasteiger partial charge < -0.3 is 15.9 Å². The number of aliphatic hydroxyl groups excluding tert-OH is 1. The van der Waals surface area contributed by atoms with Gasteiger partial charge in [-0.15, -0.1) is 0 Å². The van der Waals surface area contributed by atoms with Crippen LogP contribution in [0, 0.1) is 0 Å². The molecular formula is C17H18N2O5S. The van der Waals surface area contributed by atoms with Crippen LogP contribution >= 0.6 is 0 Å². The van der Waals surface area contributed by atoms with Crippen molar-refractivity contribution < 1.29 is 23.4 Å². The lowest BCUT2D eigenvalue weighted by molar-refractivity contribution is -0.141. The van der Waals surface area contributed by atoms with Crippen molar-refractivity contribution in [2.24, 2.45) is 4.99 Å². The van der Waals surface area contributed by atoms with E-state index in [-0.39, 0.29) is 4.90 Å². The number of nitrogens with two attached hydrogens (primary N) is 1. The Morgan fingerprint density at radius 3 is 2.16 bits per heavy atom. The first-order valence-corrected chi connectivity index (χ1v) is 9.17. The predicted octanol–water partition coefficient (Wildman–Crippen LogP) is 1.28. The fraction of sp³-hybridized carbons (Fsp3) is 0.176. The van der Waals surface area contributed by atoms with Crippen LogP contribution in [0.25, 0.3) is 0 Å². The van der Waals surface area contributed by atoms with E-state index in [9.17, 15) is 23.4 Å². The summed E-state index contributed by atoms with van der Waals surface area (Å²) in [5.74, 6) is -1.28. The second-order valence-corrected chi connectivity index (χ2v) is 7.53. The molecule has 0 aliphatic heterocycles. The van der Waals surface area contributed by atoms with Crippen LogP contribution in [0.2, 0.25) is 0 Å². The molecule has 0 aliphatic rings. The second-order valence-electron chi connectivity index (χ2n) is 5.51. The number of aliphatic carboxylic acids is 1. The number of anilines is 1. The van der Waals surface area contributed by atoms with Crippen molar-refractivity contribution in [3.63, 3.8) is 0 Å². The molecule has 0 amide bonds. The van der Waals surface area contributed by atoms with E-state index in [1.54, 1.807) is 12.1 Å². The molecule has 0 saturated heterocycles. The van der Waals surface area contributed by atoms with Crippen LogP contribution in [-0.4, -0.2) is 43.1 Å². The van der Waals surface area contributed by atoms with Crippen molar-refractivity contribution in [2.75, 3.05) is 12.0 Å². The zero-order chi connectivity index (χ0) is 18.6. The van der Waals surface area contributed by atoms with Gasteiger partial charge in [0.2, 0.25) is 0 Å². The van der Waals surface area contributed by atoms with Gasteiger partial charge in [0.05, 0.1) is 4.90 Å². The molecule has 0 spiro atoms. The molecular weight excluding hydrogens is 344 g/mol. The van der Waals surface area contributed by atoms with Gasteiger partial charge >= 0.3 is 5.97 Å². The Kier molecular flexibility index (Phi) is 5.55. The Morgan fingerprint density at radius 1 is 1.12 bits per heavy atom. The van der Waals surface area contributed by atoms with Gasteiger partial charge in [0.15, 0.2) is 15.9 Å². The molecule has 8 heteroatoms. The quantitative estimate of drug-likeness (QED) is 0.524. The van der Waals surface area contributed by atoms with Gasteiger partial charge in [-0.25, -0.2) is 13.2 Å². The zero-order valence-electron chi connectivity index (χ0n) is 13.4. The number of carboxylic acids is 1. The molecule has 4 N–H and O–H groups in total. The van der Waals surface area contributed by atoms with Crippen molar-refractivity contribution in [1.29, 1.82) is 0 Å². The van der Waals surface area contributed by atoms with Crippen molar-refractivity contribution in [3.05, 3.63) is 59.7 Å². The van der Waals surface area contributed by atoms with Crippen LogP contribution in [-0.2, 0) is 14.6 Å². The van der Waals surface area contributed by atoms with Gasteiger partial charge in [-0.3, -0.25) is 4.99 Å². The second kappa shape index (κ2) is 7.45. The van der Waals surface area contributed by atoms with Crippen LogP contribution in [0.1, 0.15) is 17.2 Å². The first kappa shape index (κ1) is 18.6. The van der Waals surface area contributed by atoms with Crippen LogP contribution in [0.5, 0.6) is 0 Å². The molecule has 0 heterocycles. The van der Waals surface area contributed by atoms with Gasteiger partial charge in [0.1, 0.15) is 6.10 Å². The summed E-state index contributed by atoms with van der Waals surface area (Å²) in [7, 11) is -3.31. The number of carboxylic acid groups (broad SMARTS) is 1. The monoisotopic (exact) mass is 362 g/mol.